The zero-order chi connectivity index (χ0) is 29.5. The number of hydrogen-bond donors (Lipinski definition) is 2. The highest BCUT2D eigenvalue weighted by Gasteiger charge is 2.57. The summed E-state index contributed by atoms with van der Waals surface area (Å²) in [4.78, 5) is 49.7. The van der Waals surface area contributed by atoms with E-state index < -0.39 is 17.4 Å². The molecule has 4 aliphatic carbocycles. The van der Waals surface area contributed by atoms with Gasteiger partial charge in [-0.3, -0.25) is 14.4 Å². The van der Waals surface area contributed by atoms with Crippen molar-refractivity contribution in [3.05, 3.63) is 34.5 Å². The molecule has 2 saturated heterocycles. The van der Waals surface area contributed by atoms with E-state index in [0.717, 1.165) is 78.8 Å². The van der Waals surface area contributed by atoms with Crippen molar-refractivity contribution < 1.29 is 14.4 Å². The third-order valence-corrected chi connectivity index (χ3v) is 12.8. The predicted octanol–water partition coefficient (Wildman–Crippen LogP) is 5.79. The van der Waals surface area contributed by atoms with Crippen molar-refractivity contribution in [3.63, 3.8) is 0 Å². The summed E-state index contributed by atoms with van der Waals surface area (Å²) in [5, 5.41) is 5.07. The minimum Gasteiger partial charge on any atom is -0.356 e. The fraction of sp³-hybridized carbons (Fsp3) is 0.686. The Morgan fingerprint density at radius 1 is 1.00 bits per heavy atom. The van der Waals surface area contributed by atoms with Gasteiger partial charge in [-0.1, -0.05) is 11.6 Å². The molecule has 3 amide bonds. The van der Waals surface area contributed by atoms with Gasteiger partial charge in [-0.05, 0) is 124 Å². The Balaban J connectivity index is 1.06. The van der Waals surface area contributed by atoms with Crippen LogP contribution in [0.25, 0.3) is 10.9 Å². The molecule has 8 heteroatoms. The summed E-state index contributed by atoms with van der Waals surface area (Å²) in [5.74, 6) is 1.74. The van der Waals surface area contributed by atoms with Crippen molar-refractivity contribution >= 4 is 40.2 Å². The maximum Gasteiger partial charge on any atom is 0.228 e. The summed E-state index contributed by atoms with van der Waals surface area (Å²) < 4.78 is 0. The van der Waals surface area contributed by atoms with Crippen molar-refractivity contribution in [2.45, 2.75) is 89.5 Å². The number of aromatic nitrogens is 1. The molecule has 1 aromatic heterocycles. The van der Waals surface area contributed by atoms with Crippen LogP contribution >= 0.6 is 11.6 Å². The van der Waals surface area contributed by atoms with E-state index in [1.54, 1.807) is 0 Å². The molecule has 230 valence electrons. The van der Waals surface area contributed by atoms with E-state index in [0.29, 0.717) is 24.4 Å². The van der Waals surface area contributed by atoms with Gasteiger partial charge in [0.1, 0.15) is 0 Å². The molecule has 2 N–H and O–H groups in total. The van der Waals surface area contributed by atoms with Gasteiger partial charge in [-0.15, -0.1) is 0 Å². The van der Waals surface area contributed by atoms with Crippen LogP contribution in [0.2, 0.25) is 5.02 Å². The number of nitrogens with zero attached hydrogens (tertiary/aromatic N) is 2. The largest absolute Gasteiger partial charge is 0.356 e. The molecule has 43 heavy (non-hydrogen) atoms. The second-order valence-electron chi connectivity index (χ2n) is 15.3. The SMILES string of the molecule is C[C@]12c3[nH]c4ccc(Cl)cc4c3CCN1C(=O)[C@@H](CC(=O)NCC13CC4CC(CC(C4)C1)C3)C[C@@H]2C(=O)N1CCCCC1. The average Bonchev–Trinajstić information content (AvgIpc) is 3.36. The summed E-state index contributed by atoms with van der Waals surface area (Å²) in [6.45, 7) is 4.90. The number of halogens is 1. The fourth-order valence-corrected chi connectivity index (χ4v) is 11.1. The molecular weight excluding hydrogens is 560 g/mol. The Morgan fingerprint density at radius 3 is 2.40 bits per heavy atom. The average molecular weight is 605 g/mol. The van der Waals surface area contributed by atoms with E-state index in [-0.39, 0.29) is 29.6 Å². The topological polar surface area (TPSA) is 85.5 Å². The number of hydrogen-bond acceptors (Lipinski definition) is 3. The van der Waals surface area contributed by atoms with E-state index in [1.807, 2.05) is 28.0 Å². The number of aromatic amines is 1. The standard InChI is InChI=1S/C35H45ClN4O3/c1-34-28(33(43)39-8-3-2-4-9-39)14-24(15-30(41)37-20-35-17-21-11-22(18-35)13-23(12-21)19-35)32(42)40(34)10-7-26-27-16-25(36)5-6-29(27)38-31(26)34/h5-6,16,21-24,28,38H,2-4,7-15,17-20H2,1H3,(H,37,41)/t21?,22?,23?,24-,28-,34+,35?/m1/s1. The molecule has 1 aromatic carbocycles. The number of amides is 3. The third-order valence-electron chi connectivity index (χ3n) is 12.6. The molecule has 3 aliphatic heterocycles. The quantitative estimate of drug-likeness (QED) is 0.453. The molecule has 0 unspecified atom stereocenters. The lowest BCUT2D eigenvalue weighted by Crippen LogP contribution is -2.64. The van der Waals surface area contributed by atoms with E-state index in [4.69, 9.17) is 11.6 Å². The second kappa shape index (κ2) is 10.3. The molecule has 9 rings (SSSR count). The molecule has 0 spiro atoms. The van der Waals surface area contributed by atoms with Crippen LogP contribution in [0.5, 0.6) is 0 Å². The molecular formula is C35H45ClN4O3. The molecule has 4 heterocycles. The number of rotatable bonds is 5. The molecule has 0 radical (unpaired) electrons. The lowest BCUT2D eigenvalue weighted by Gasteiger charge is -2.57. The first-order chi connectivity index (χ1) is 20.7. The van der Waals surface area contributed by atoms with Crippen LogP contribution in [-0.4, -0.2) is 58.7 Å². The van der Waals surface area contributed by atoms with Crippen molar-refractivity contribution in [1.29, 1.82) is 0 Å². The summed E-state index contributed by atoms with van der Waals surface area (Å²) in [7, 11) is 0. The monoisotopic (exact) mass is 604 g/mol. The molecule has 6 fully saturated rings. The van der Waals surface area contributed by atoms with Crippen LogP contribution in [0, 0.1) is 35.0 Å². The van der Waals surface area contributed by atoms with Gasteiger partial charge in [0, 0.05) is 60.1 Å². The highest BCUT2D eigenvalue weighted by Crippen LogP contribution is 2.59. The van der Waals surface area contributed by atoms with Crippen molar-refractivity contribution in [3.8, 4) is 0 Å². The van der Waals surface area contributed by atoms with E-state index in [1.165, 1.54) is 38.5 Å². The highest BCUT2D eigenvalue weighted by molar-refractivity contribution is 6.31. The maximum absolute atomic E-state index is 14.4. The summed E-state index contributed by atoms with van der Waals surface area (Å²) in [5.41, 5.74) is 2.57. The number of carbonyl (C=O) groups excluding carboxylic acids is 3. The summed E-state index contributed by atoms with van der Waals surface area (Å²) in [6, 6.07) is 5.87. The van der Waals surface area contributed by atoms with Crippen LogP contribution < -0.4 is 5.32 Å². The number of fused-ring (bicyclic) bond motifs is 5. The minimum absolute atomic E-state index is 0.0116. The highest BCUT2D eigenvalue weighted by atomic mass is 35.5. The van der Waals surface area contributed by atoms with Gasteiger partial charge >= 0.3 is 0 Å². The van der Waals surface area contributed by atoms with E-state index in [2.05, 4.69) is 17.2 Å². The normalized spacial score (nSPS) is 36.5. The van der Waals surface area contributed by atoms with Crippen molar-refractivity contribution in [1.82, 2.24) is 20.1 Å². The molecule has 2 aromatic rings. The molecule has 4 bridgehead atoms. The van der Waals surface area contributed by atoms with Gasteiger partial charge in [-0.25, -0.2) is 0 Å². The predicted molar refractivity (Wildman–Crippen MR) is 166 cm³/mol. The van der Waals surface area contributed by atoms with Crippen LogP contribution in [0.15, 0.2) is 18.2 Å². The van der Waals surface area contributed by atoms with Crippen LogP contribution in [0.3, 0.4) is 0 Å². The lowest BCUT2D eigenvalue weighted by molar-refractivity contribution is -0.164. The Labute approximate surface area is 259 Å². The Hall–Kier alpha value is -2.54. The third kappa shape index (κ3) is 4.54. The van der Waals surface area contributed by atoms with Gasteiger partial charge < -0.3 is 20.1 Å². The van der Waals surface area contributed by atoms with Gasteiger partial charge in [-0.2, -0.15) is 0 Å². The zero-order valence-electron chi connectivity index (χ0n) is 25.4. The Kier molecular flexibility index (Phi) is 6.67. The lowest BCUT2D eigenvalue weighted by atomic mass is 9.49. The summed E-state index contributed by atoms with van der Waals surface area (Å²) >= 11 is 6.40. The first-order valence-electron chi connectivity index (χ1n) is 16.9. The Morgan fingerprint density at radius 2 is 1.70 bits per heavy atom. The van der Waals surface area contributed by atoms with Gasteiger partial charge in [0.05, 0.1) is 11.5 Å². The number of likely N-dealkylation sites (tertiary alicyclic amines) is 1. The zero-order valence-corrected chi connectivity index (χ0v) is 26.2. The maximum atomic E-state index is 14.4. The molecule has 7 aliphatic rings. The van der Waals surface area contributed by atoms with Crippen molar-refractivity contribution in [2.75, 3.05) is 26.2 Å². The van der Waals surface area contributed by atoms with E-state index in [9.17, 15) is 14.4 Å². The number of nitrogens with one attached hydrogen (secondary N) is 2. The molecule has 3 atom stereocenters. The smallest absolute Gasteiger partial charge is 0.228 e. The Bertz CT molecular complexity index is 1440. The fourth-order valence-electron chi connectivity index (χ4n) is 11.0. The van der Waals surface area contributed by atoms with Gasteiger partial charge in [0.25, 0.3) is 0 Å². The number of carbonyl (C=O) groups is 3. The van der Waals surface area contributed by atoms with Gasteiger partial charge in [0.2, 0.25) is 17.7 Å². The van der Waals surface area contributed by atoms with Crippen LogP contribution in [0.4, 0.5) is 0 Å². The van der Waals surface area contributed by atoms with Gasteiger partial charge in [0.15, 0.2) is 0 Å². The first kappa shape index (κ1) is 28.0. The minimum atomic E-state index is -0.795. The van der Waals surface area contributed by atoms with Crippen molar-refractivity contribution in [2.24, 2.45) is 35.0 Å². The molecule has 7 nitrogen and oxygen atoms in total. The number of H-pyrrole nitrogens is 1. The number of piperidine rings is 2. The second-order valence-corrected chi connectivity index (χ2v) is 15.8. The van der Waals surface area contributed by atoms with Crippen LogP contribution in [0.1, 0.15) is 88.8 Å². The van der Waals surface area contributed by atoms with E-state index >= 15 is 0 Å². The first-order valence-corrected chi connectivity index (χ1v) is 17.3. The number of benzene rings is 1. The summed E-state index contributed by atoms with van der Waals surface area (Å²) in [6.07, 6.45) is 12.4. The molecule has 4 saturated carbocycles. The van der Waals surface area contributed by atoms with Crippen LogP contribution in [-0.2, 0) is 26.3 Å².